The monoisotopic (exact) mass is 960 g/mol. The van der Waals surface area contributed by atoms with Gasteiger partial charge >= 0.3 is 0 Å². The Kier molecular flexibility index (Phi) is 18.1. The molecule has 1 heterocycles. The van der Waals surface area contributed by atoms with E-state index in [-0.39, 0.29) is 49.0 Å². The van der Waals surface area contributed by atoms with Crippen molar-refractivity contribution in [3.8, 4) is 0 Å². The summed E-state index contributed by atoms with van der Waals surface area (Å²) in [5, 5.41) is 61.5. The van der Waals surface area contributed by atoms with Crippen molar-refractivity contribution in [3.63, 3.8) is 0 Å². The molecule has 0 unspecified atom stereocenters. The van der Waals surface area contributed by atoms with Crippen LogP contribution in [0.25, 0.3) is 0 Å². The maximum absolute atomic E-state index is 14.8. The second-order valence-electron chi connectivity index (χ2n) is 19.5. The van der Waals surface area contributed by atoms with Gasteiger partial charge in [0.2, 0.25) is 0 Å². The number of methoxy groups -OCH3 is 1. The number of likely N-dealkylation sites (N-methyl/N-ethyl adjacent to an activating group) is 1. The minimum Gasteiger partial charge on any atom is -0.411 e. The van der Waals surface area contributed by atoms with Crippen LogP contribution >= 0.6 is 22.6 Å². The summed E-state index contributed by atoms with van der Waals surface area (Å²) in [5.74, 6) is -3.62. The largest absolute Gasteiger partial charge is 0.411 e. The maximum Gasteiger partial charge on any atom is 0.185 e. The SMILES string of the molecule is CC[C@H]1CC(=O)[C@H](C)[C@@H](O[C@@H]2C[C@@H](C)[C@H](O)[C@](C)(OC)C2)[C@H](C)[C@@H](O[C@@H]2O[C@H](C)C[C@H](N(C)C)[C@H]2O)[C@@](C)(OCc2cccc(I)c2)C[C@@H](C)/C(=N\O)[C@H](C)[C@@H](O)[C@]1(C)O. The molecule has 2 aliphatic carbocycles. The van der Waals surface area contributed by atoms with Crippen molar-refractivity contribution in [3.05, 3.63) is 33.4 Å². The van der Waals surface area contributed by atoms with Gasteiger partial charge in [0.15, 0.2) is 6.29 Å². The zero-order chi connectivity index (χ0) is 45.1. The lowest BCUT2D eigenvalue weighted by molar-refractivity contribution is -0.307. The Morgan fingerprint density at radius 3 is 2.20 bits per heavy atom. The van der Waals surface area contributed by atoms with Crippen molar-refractivity contribution in [2.24, 2.45) is 40.7 Å². The number of hydrogen-bond donors (Lipinski definition) is 5. The zero-order valence-corrected chi connectivity index (χ0v) is 40.5. The van der Waals surface area contributed by atoms with Gasteiger partial charge in [-0.05, 0) is 113 Å². The van der Waals surface area contributed by atoms with Gasteiger partial charge in [0.25, 0.3) is 0 Å². The zero-order valence-electron chi connectivity index (χ0n) is 38.4. The van der Waals surface area contributed by atoms with E-state index in [4.69, 9.17) is 23.7 Å². The maximum atomic E-state index is 14.8. The molecule has 3 aliphatic rings. The van der Waals surface area contributed by atoms with Gasteiger partial charge in [0, 0.05) is 53.2 Å². The highest BCUT2D eigenvalue weighted by molar-refractivity contribution is 14.1. The summed E-state index contributed by atoms with van der Waals surface area (Å²) in [6.07, 6.45) is -4.52. The number of rotatable bonds is 10. The summed E-state index contributed by atoms with van der Waals surface area (Å²) >= 11 is 2.27. The Bertz CT molecular complexity index is 1580. The van der Waals surface area contributed by atoms with Crippen LogP contribution in [0, 0.1) is 39.1 Å². The van der Waals surface area contributed by atoms with Gasteiger partial charge in [-0.1, -0.05) is 65.3 Å². The molecule has 3 fully saturated rings. The summed E-state index contributed by atoms with van der Waals surface area (Å²) in [7, 11) is 5.43. The van der Waals surface area contributed by atoms with Gasteiger partial charge < -0.3 is 54.2 Å². The lowest BCUT2D eigenvalue weighted by Crippen LogP contribution is -2.61. The number of carbonyl (C=O) groups is 1. The van der Waals surface area contributed by atoms with Crippen molar-refractivity contribution >= 4 is 34.1 Å². The lowest BCUT2D eigenvalue weighted by Gasteiger charge is -2.50. The van der Waals surface area contributed by atoms with Gasteiger partial charge in [0.05, 0.1) is 65.7 Å². The standard InChI is InChI=1S/C46H77IN2O11/c1-14-32-21-36(50)28(5)39(59-34-18-25(2)40(52)44(8,23-34)56-13)30(7)42(60-43-38(51)35(49(11)12)19-27(4)58-43)45(9,57-24-31-16-15-17-33(47)20-31)22-26(3)37(48-55)29(6)41(53)46(32,10)54/h15-17,20,25-30,32,34-35,38-43,51-55H,14,18-19,21-24H2,1-13H3/b48-37+/t25-,26-,27-,28+,29+,30+,32+,34-,35+,38-,39-,40+,41-,42-,43+,44-,45+,46-/m1/s1. The van der Waals surface area contributed by atoms with E-state index in [1.165, 1.54) is 0 Å². The minimum absolute atomic E-state index is 0.0455. The average Bonchev–Trinajstić information content (AvgIpc) is 3.19. The molecule has 0 spiro atoms. The first kappa shape index (κ1) is 51.3. The van der Waals surface area contributed by atoms with Crippen LogP contribution in [0.1, 0.15) is 113 Å². The van der Waals surface area contributed by atoms with Crippen molar-refractivity contribution in [1.29, 1.82) is 0 Å². The molecule has 60 heavy (non-hydrogen) atoms. The molecule has 2 saturated carbocycles. The number of hydrogen-bond acceptors (Lipinski definition) is 13. The number of oxime groups is 1. The van der Waals surface area contributed by atoms with Crippen LogP contribution in [0.15, 0.2) is 29.4 Å². The molecular weight excluding hydrogens is 883 g/mol. The normalized spacial score (nSPS) is 44.8. The van der Waals surface area contributed by atoms with E-state index in [2.05, 4.69) is 27.7 Å². The van der Waals surface area contributed by atoms with Crippen LogP contribution in [0.2, 0.25) is 0 Å². The molecular formula is C46H77IN2O11. The van der Waals surface area contributed by atoms with E-state index in [0.717, 1.165) is 9.13 Å². The molecule has 344 valence electrons. The van der Waals surface area contributed by atoms with E-state index in [0.29, 0.717) is 25.7 Å². The highest BCUT2D eigenvalue weighted by atomic mass is 127. The molecule has 1 saturated heterocycles. The molecule has 5 N–H and O–H groups in total. The minimum atomic E-state index is -1.72. The highest BCUT2D eigenvalue weighted by Gasteiger charge is 2.53. The third-order valence-electron chi connectivity index (χ3n) is 14.5. The summed E-state index contributed by atoms with van der Waals surface area (Å²) < 4.78 is 34.8. The topological polar surface area (TPSA) is 180 Å². The molecule has 0 bridgehead atoms. The number of Topliss-reactive ketones (excluding diaryl/α,β-unsaturated/α-hetero) is 1. The van der Waals surface area contributed by atoms with Gasteiger partial charge in [-0.15, -0.1) is 0 Å². The number of benzene rings is 1. The Balaban J connectivity index is 1.97. The first-order valence-corrected chi connectivity index (χ1v) is 23.1. The summed E-state index contributed by atoms with van der Waals surface area (Å²) in [5.41, 5.74) is -2.67. The predicted octanol–water partition coefficient (Wildman–Crippen LogP) is 6.20. The van der Waals surface area contributed by atoms with Crippen LogP contribution < -0.4 is 0 Å². The highest BCUT2D eigenvalue weighted by Crippen LogP contribution is 2.44. The fourth-order valence-electron chi connectivity index (χ4n) is 10.6. The van der Waals surface area contributed by atoms with Crippen LogP contribution in [0.4, 0.5) is 0 Å². The third kappa shape index (κ3) is 11.5. The summed E-state index contributed by atoms with van der Waals surface area (Å²) in [6, 6.07) is 7.72. The molecule has 0 amide bonds. The second-order valence-corrected chi connectivity index (χ2v) is 20.7. The average molecular weight is 961 g/mol. The molecule has 18 atom stereocenters. The van der Waals surface area contributed by atoms with Crippen molar-refractivity contribution < 1.29 is 54.1 Å². The number of ether oxygens (including phenoxy) is 5. The quantitative estimate of drug-likeness (QED) is 0.102. The molecule has 1 aromatic carbocycles. The Hall–Kier alpha value is -1.31. The Morgan fingerprint density at radius 1 is 0.950 bits per heavy atom. The number of nitrogens with zero attached hydrogens (tertiary/aromatic N) is 2. The Morgan fingerprint density at radius 2 is 1.62 bits per heavy atom. The van der Waals surface area contributed by atoms with Gasteiger partial charge in [-0.3, -0.25) is 4.79 Å². The number of ketones is 1. The van der Waals surface area contributed by atoms with Crippen LogP contribution in [0.3, 0.4) is 0 Å². The molecule has 0 radical (unpaired) electrons. The van der Waals surface area contributed by atoms with E-state index >= 15 is 0 Å². The van der Waals surface area contributed by atoms with Gasteiger partial charge in [0.1, 0.15) is 11.9 Å². The van der Waals surface area contributed by atoms with Gasteiger partial charge in [-0.2, -0.15) is 0 Å². The first-order chi connectivity index (χ1) is 27.9. The fourth-order valence-corrected chi connectivity index (χ4v) is 11.2. The molecule has 1 aliphatic heterocycles. The molecule has 14 heteroatoms. The number of carbonyl (C=O) groups excluding carboxylic acids is 1. The van der Waals surface area contributed by atoms with Crippen LogP contribution in [-0.2, 0) is 35.1 Å². The number of halogens is 1. The van der Waals surface area contributed by atoms with E-state index < -0.39 is 89.3 Å². The van der Waals surface area contributed by atoms with E-state index in [1.54, 1.807) is 21.0 Å². The molecule has 0 aromatic heterocycles. The fraction of sp³-hybridized carbons (Fsp3) is 0.826. The van der Waals surface area contributed by atoms with Crippen molar-refractivity contribution in [2.75, 3.05) is 21.2 Å². The molecule has 1 aromatic rings. The molecule has 4 rings (SSSR count). The first-order valence-electron chi connectivity index (χ1n) is 22.0. The van der Waals surface area contributed by atoms with Crippen molar-refractivity contribution in [2.45, 2.75) is 186 Å². The smallest absolute Gasteiger partial charge is 0.185 e. The second kappa shape index (κ2) is 21.1. The van der Waals surface area contributed by atoms with Gasteiger partial charge in [-0.25, -0.2) is 0 Å². The van der Waals surface area contributed by atoms with E-state index in [9.17, 15) is 30.4 Å². The number of aliphatic hydroxyl groups excluding tert-OH is 3. The van der Waals surface area contributed by atoms with Crippen LogP contribution in [0.5, 0.6) is 0 Å². The lowest BCUT2D eigenvalue weighted by atomic mass is 9.69. The van der Waals surface area contributed by atoms with Crippen LogP contribution in [-0.4, -0.2) is 135 Å². The molecule has 13 nitrogen and oxygen atoms in total. The van der Waals surface area contributed by atoms with E-state index in [1.807, 2.05) is 98.7 Å². The Labute approximate surface area is 373 Å². The summed E-state index contributed by atoms with van der Waals surface area (Å²) in [4.78, 5) is 16.7. The summed E-state index contributed by atoms with van der Waals surface area (Å²) in [6.45, 7) is 18.8. The van der Waals surface area contributed by atoms with Crippen molar-refractivity contribution in [1.82, 2.24) is 4.90 Å². The third-order valence-corrected chi connectivity index (χ3v) is 15.2. The predicted molar refractivity (Wildman–Crippen MR) is 239 cm³/mol. The number of aliphatic hydroxyl groups is 4.